The van der Waals surface area contributed by atoms with Gasteiger partial charge in [-0.25, -0.2) is 0 Å². The fourth-order valence-corrected chi connectivity index (χ4v) is 2.59. The van der Waals surface area contributed by atoms with E-state index in [0.29, 0.717) is 37.3 Å². The molecular weight excluding hydrogens is 282 g/mol. The minimum Gasteiger partial charge on any atom is -0.351 e. The van der Waals surface area contributed by atoms with Gasteiger partial charge < -0.3 is 10.2 Å². The van der Waals surface area contributed by atoms with Crippen LogP contribution in [0.5, 0.6) is 0 Å². The summed E-state index contributed by atoms with van der Waals surface area (Å²) in [4.78, 5) is 38.5. The lowest BCUT2D eigenvalue weighted by Crippen LogP contribution is -3.13. The van der Waals surface area contributed by atoms with Gasteiger partial charge in [-0.05, 0) is 26.0 Å². The largest absolute Gasteiger partial charge is 0.351 e. The molecule has 3 amide bonds. The van der Waals surface area contributed by atoms with E-state index in [1.54, 1.807) is 24.3 Å². The van der Waals surface area contributed by atoms with Crippen molar-refractivity contribution in [3.8, 4) is 0 Å². The number of nitrogens with one attached hydrogen (secondary N) is 2. The predicted molar refractivity (Wildman–Crippen MR) is 81.7 cm³/mol. The second kappa shape index (κ2) is 7.17. The highest BCUT2D eigenvalue weighted by molar-refractivity contribution is 6.21. The zero-order valence-electron chi connectivity index (χ0n) is 13.0. The lowest BCUT2D eigenvalue weighted by molar-refractivity contribution is -0.889. The number of hydrogen-bond acceptors (Lipinski definition) is 3. The molecule has 1 unspecified atom stereocenters. The summed E-state index contributed by atoms with van der Waals surface area (Å²) < 4.78 is 0. The maximum Gasteiger partial charge on any atom is 0.275 e. The van der Waals surface area contributed by atoms with Crippen LogP contribution >= 0.6 is 0 Å². The van der Waals surface area contributed by atoms with Crippen LogP contribution in [-0.4, -0.2) is 55.3 Å². The Morgan fingerprint density at radius 3 is 2.23 bits per heavy atom. The molecule has 6 heteroatoms. The van der Waals surface area contributed by atoms with Crippen LogP contribution in [0.2, 0.25) is 0 Å². The fraction of sp³-hybridized carbons (Fsp3) is 0.438. The van der Waals surface area contributed by atoms with Crippen molar-refractivity contribution in [3.05, 3.63) is 35.4 Å². The summed E-state index contributed by atoms with van der Waals surface area (Å²) in [5.41, 5.74) is 0.934. The van der Waals surface area contributed by atoms with Crippen molar-refractivity contribution in [1.29, 1.82) is 0 Å². The molecule has 0 aliphatic carbocycles. The summed E-state index contributed by atoms with van der Waals surface area (Å²) in [5.74, 6) is -0.496. The van der Waals surface area contributed by atoms with Crippen molar-refractivity contribution in [2.75, 3.05) is 32.7 Å². The summed E-state index contributed by atoms with van der Waals surface area (Å²) in [5, 5.41) is 2.76. The van der Waals surface area contributed by atoms with Crippen LogP contribution in [0.25, 0.3) is 0 Å². The highest BCUT2D eigenvalue weighted by atomic mass is 16.2. The topological polar surface area (TPSA) is 70.9 Å². The van der Waals surface area contributed by atoms with E-state index in [4.69, 9.17) is 0 Å². The minimum absolute atomic E-state index is 0.0123. The zero-order chi connectivity index (χ0) is 16.1. The Morgan fingerprint density at radius 1 is 1.14 bits per heavy atom. The van der Waals surface area contributed by atoms with Crippen molar-refractivity contribution in [2.45, 2.75) is 13.8 Å². The molecule has 0 fully saturated rings. The second-order valence-electron chi connectivity index (χ2n) is 5.29. The van der Waals surface area contributed by atoms with E-state index >= 15 is 0 Å². The van der Waals surface area contributed by atoms with Gasteiger partial charge in [0.15, 0.2) is 6.54 Å². The van der Waals surface area contributed by atoms with Crippen molar-refractivity contribution in [2.24, 2.45) is 0 Å². The van der Waals surface area contributed by atoms with Crippen molar-refractivity contribution < 1.29 is 19.3 Å². The molecule has 1 aromatic carbocycles. The van der Waals surface area contributed by atoms with E-state index < -0.39 is 0 Å². The standard InChI is InChI=1S/C16H21N3O3/c1-3-17-14(20)11-18(4-2)9-10-19-15(21)12-7-5-6-8-13(12)16(19)22/h5-8H,3-4,9-11H2,1-2H3,(H,17,20)/p+1. The molecule has 1 aliphatic heterocycles. The SMILES string of the molecule is CCNC(=O)C[NH+](CC)CCN1C(=O)c2ccccc2C1=O. The maximum absolute atomic E-state index is 12.2. The Labute approximate surface area is 130 Å². The molecular formula is C16H22N3O3+. The molecule has 0 radical (unpaired) electrons. The highest BCUT2D eigenvalue weighted by Crippen LogP contribution is 2.21. The molecule has 2 N–H and O–H groups in total. The second-order valence-corrected chi connectivity index (χ2v) is 5.29. The number of carbonyl (C=O) groups excluding carboxylic acids is 3. The van der Waals surface area contributed by atoms with Gasteiger partial charge in [-0.3, -0.25) is 19.3 Å². The molecule has 118 valence electrons. The Balaban J connectivity index is 1.96. The molecule has 0 aromatic heterocycles. The summed E-state index contributed by atoms with van der Waals surface area (Å²) in [7, 11) is 0. The number of fused-ring (bicyclic) bond motifs is 1. The summed E-state index contributed by atoms with van der Waals surface area (Å²) in [6.45, 7) is 6.48. The lowest BCUT2D eigenvalue weighted by Gasteiger charge is -2.20. The summed E-state index contributed by atoms with van der Waals surface area (Å²) >= 11 is 0. The minimum atomic E-state index is -0.242. The highest BCUT2D eigenvalue weighted by Gasteiger charge is 2.35. The van der Waals surface area contributed by atoms with Gasteiger partial charge in [-0.2, -0.15) is 0 Å². The number of amides is 3. The first-order valence-corrected chi connectivity index (χ1v) is 7.64. The summed E-state index contributed by atoms with van der Waals surface area (Å²) in [6, 6.07) is 6.86. The molecule has 6 nitrogen and oxygen atoms in total. The first kappa shape index (κ1) is 16.2. The Kier molecular flexibility index (Phi) is 5.27. The van der Waals surface area contributed by atoms with Crippen molar-refractivity contribution >= 4 is 17.7 Å². The van der Waals surface area contributed by atoms with E-state index in [9.17, 15) is 14.4 Å². The first-order valence-electron chi connectivity index (χ1n) is 7.64. The molecule has 0 spiro atoms. The number of hydrogen-bond donors (Lipinski definition) is 2. The predicted octanol–water partition coefficient (Wildman–Crippen LogP) is -0.676. The van der Waals surface area contributed by atoms with Crippen LogP contribution in [0.3, 0.4) is 0 Å². The zero-order valence-corrected chi connectivity index (χ0v) is 13.0. The third-order valence-corrected chi connectivity index (χ3v) is 3.85. The average molecular weight is 304 g/mol. The van der Waals surface area contributed by atoms with E-state index in [1.165, 1.54) is 4.90 Å². The quantitative estimate of drug-likeness (QED) is 0.656. The molecule has 0 saturated heterocycles. The molecule has 1 aliphatic rings. The fourth-order valence-electron chi connectivity index (χ4n) is 2.59. The Hall–Kier alpha value is -2.21. The third kappa shape index (κ3) is 3.33. The van der Waals surface area contributed by atoms with Crippen LogP contribution in [0.15, 0.2) is 24.3 Å². The van der Waals surface area contributed by atoms with Gasteiger partial charge in [0.05, 0.1) is 30.8 Å². The van der Waals surface area contributed by atoms with Crippen LogP contribution in [0.1, 0.15) is 34.6 Å². The Bertz CT molecular complexity index is 551. The molecule has 0 saturated carbocycles. The Morgan fingerprint density at radius 2 is 1.73 bits per heavy atom. The monoisotopic (exact) mass is 304 g/mol. The average Bonchev–Trinajstić information content (AvgIpc) is 2.76. The van der Waals surface area contributed by atoms with E-state index in [0.717, 1.165) is 11.4 Å². The molecule has 22 heavy (non-hydrogen) atoms. The molecule has 1 aromatic rings. The van der Waals surface area contributed by atoms with Gasteiger partial charge in [0.25, 0.3) is 17.7 Å². The number of imide groups is 1. The maximum atomic E-state index is 12.2. The van der Waals surface area contributed by atoms with Gasteiger partial charge >= 0.3 is 0 Å². The smallest absolute Gasteiger partial charge is 0.275 e. The summed E-state index contributed by atoms with van der Waals surface area (Å²) in [6.07, 6.45) is 0. The normalized spacial score (nSPS) is 14.9. The number of likely N-dealkylation sites (N-methyl/N-ethyl adjacent to an activating group) is 2. The van der Waals surface area contributed by atoms with Crippen LogP contribution in [0, 0.1) is 0 Å². The van der Waals surface area contributed by atoms with E-state index in [1.807, 2.05) is 13.8 Å². The number of carbonyl (C=O) groups is 3. The van der Waals surface area contributed by atoms with Gasteiger partial charge in [0.2, 0.25) is 0 Å². The first-order chi connectivity index (χ1) is 10.6. The molecule has 0 bridgehead atoms. The van der Waals surface area contributed by atoms with Crippen molar-refractivity contribution in [3.63, 3.8) is 0 Å². The number of nitrogens with zero attached hydrogens (tertiary/aromatic N) is 1. The lowest BCUT2D eigenvalue weighted by atomic mass is 10.1. The van der Waals surface area contributed by atoms with Crippen LogP contribution < -0.4 is 10.2 Å². The van der Waals surface area contributed by atoms with Crippen LogP contribution in [-0.2, 0) is 4.79 Å². The number of rotatable bonds is 7. The van der Waals surface area contributed by atoms with E-state index in [2.05, 4.69) is 5.32 Å². The van der Waals surface area contributed by atoms with Crippen LogP contribution in [0.4, 0.5) is 0 Å². The third-order valence-electron chi connectivity index (χ3n) is 3.85. The van der Waals surface area contributed by atoms with Gasteiger partial charge in [-0.1, -0.05) is 12.1 Å². The van der Waals surface area contributed by atoms with Gasteiger partial charge in [-0.15, -0.1) is 0 Å². The van der Waals surface area contributed by atoms with Crippen molar-refractivity contribution in [1.82, 2.24) is 10.2 Å². The number of quaternary nitrogens is 1. The van der Waals surface area contributed by atoms with E-state index in [-0.39, 0.29) is 17.7 Å². The molecule has 1 atom stereocenters. The number of benzene rings is 1. The van der Waals surface area contributed by atoms with Gasteiger partial charge in [0, 0.05) is 6.54 Å². The molecule has 1 heterocycles. The molecule has 2 rings (SSSR count). The van der Waals surface area contributed by atoms with Gasteiger partial charge in [0.1, 0.15) is 0 Å².